The van der Waals surface area contributed by atoms with E-state index in [1.54, 1.807) is 0 Å². The van der Waals surface area contributed by atoms with Crippen molar-refractivity contribution in [1.82, 2.24) is 5.16 Å². The second-order valence-electron chi connectivity index (χ2n) is 8.37. The average molecular weight is 369 g/mol. The van der Waals surface area contributed by atoms with Gasteiger partial charge in [-0.15, -0.1) is 11.3 Å². The van der Waals surface area contributed by atoms with Crippen molar-refractivity contribution in [1.29, 1.82) is 5.26 Å². The standard InChI is InChI=1S/C20H23N3O2S/c1-20(2,3)11-7-8-15-13(9-11)17(23-25-15)18(24)22-19-14(10-21)12-5-4-6-16(12)26-19/h11H,4-9H2,1-3H3,(H,22,24). The highest BCUT2D eigenvalue weighted by molar-refractivity contribution is 7.16. The van der Waals surface area contributed by atoms with E-state index in [0.717, 1.165) is 55.4 Å². The quantitative estimate of drug-likeness (QED) is 0.845. The number of anilines is 1. The third-order valence-electron chi connectivity index (χ3n) is 5.74. The van der Waals surface area contributed by atoms with Gasteiger partial charge in [0.1, 0.15) is 16.8 Å². The molecule has 2 aromatic rings. The molecule has 2 aliphatic rings. The van der Waals surface area contributed by atoms with Crippen LogP contribution in [0, 0.1) is 22.7 Å². The van der Waals surface area contributed by atoms with Gasteiger partial charge in [0.25, 0.3) is 5.91 Å². The SMILES string of the molecule is CC(C)(C)C1CCc2onc(C(=O)Nc3sc4c(c3C#N)CCC4)c2C1. The van der Waals surface area contributed by atoms with E-state index in [1.165, 1.54) is 16.2 Å². The lowest BCUT2D eigenvalue weighted by Gasteiger charge is -2.33. The summed E-state index contributed by atoms with van der Waals surface area (Å²) in [7, 11) is 0. The zero-order chi connectivity index (χ0) is 18.5. The maximum absolute atomic E-state index is 12.9. The molecule has 2 aliphatic carbocycles. The summed E-state index contributed by atoms with van der Waals surface area (Å²) in [5.41, 5.74) is 3.25. The highest BCUT2D eigenvalue weighted by Crippen LogP contribution is 2.40. The molecule has 0 aliphatic heterocycles. The van der Waals surface area contributed by atoms with E-state index >= 15 is 0 Å². The molecule has 0 radical (unpaired) electrons. The highest BCUT2D eigenvalue weighted by Gasteiger charge is 2.34. The maximum Gasteiger partial charge on any atom is 0.278 e. The molecule has 1 amide bonds. The average Bonchev–Trinajstić information content (AvgIpc) is 3.26. The molecule has 0 spiro atoms. The summed E-state index contributed by atoms with van der Waals surface area (Å²) in [6, 6.07) is 2.27. The molecule has 6 heteroatoms. The Morgan fingerprint density at radius 1 is 1.31 bits per heavy atom. The van der Waals surface area contributed by atoms with E-state index in [2.05, 4.69) is 37.3 Å². The van der Waals surface area contributed by atoms with Crippen LogP contribution in [0.15, 0.2) is 4.52 Å². The van der Waals surface area contributed by atoms with Crippen molar-refractivity contribution in [2.24, 2.45) is 11.3 Å². The minimum atomic E-state index is -0.263. The van der Waals surface area contributed by atoms with Gasteiger partial charge in [-0.1, -0.05) is 25.9 Å². The van der Waals surface area contributed by atoms with Crippen molar-refractivity contribution in [3.63, 3.8) is 0 Å². The molecule has 0 saturated heterocycles. The van der Waals surface area contributed by atoms with E-state index < -0.39 is 0 Å². The molecule has 1 atom stereocenters. The molecule has 136 valence electrons. The normalized spacial score (nSPS) is 18.9. The summed E-state index contributed by atoms with van der Waals surface area (Å²) in [6.45, 7) is 6.72. The van der Waals surface area contributed by atoms with Crippen LogP contribution in [0.5, 0.6) is 0 Å². The van der Waals surface area contributed by atoms with E-state index in [-0.39, 0.29) is 11.3 Å². The highest BCUT2D eigenvalue weighted by atomic mass is 32.1. The number of nitrogens with zero attached hydrogens (tertiary/aromatic N) is 2. The lowest BCUT2D eigenvalue weighted by Crippen LogP contribution is -2.27. The van der Waals surface area contributed by atoms with Gasteiger partial charge in [0.15, 0.2) is 5.69 Å². The Kier molecular flexibility index (Phi) is 4.15. The second kappa shape index (κ2) is 6.24. The number of nitrogens with one attached hydrogen (secondary N) is 1. The molecule has 2 aromatic heterocycles. The molecular weight excluding hydrogens is 346 g/mol. The first-order valence-corrected chi connectivity index (χ1v) is 10.0. The molecular formula is C20H23N3O2S. The van der Waals surface area contributed by atoms with Crippen LogP contribution >= 0.6 is 11.3 Å². The maximum atomic E-state index is 12.9. The fourth-order valence-electron chi connectivity index (χ4n) is 4.09. The number of thiophene rings is 1. The summed E-state index contributed by atoms with van der Waals surface area (Å²) in [5.74, 6) is 1.08. The van der Waals surface area contributed by atoms with Crippen LogP contribution in [-0.2, 0) is 25.7 Å². The second-order valence-corrected chi connectivity index (χ2v) is 9.47. The van der Waals surface area contributed by atoms with Gasteiger partial charge in [0.2, 0.25) is 0 Å². The smallest absolute Gasteiger partial charge is 0.278 e. The van der Waals surface area contributed by atoms with Gasteiger partial charge >= 0.3 is 0 Å². The van der Waals surface area contributed by atoms with Crippen molar-refractivity contribution < 1.29 is 9.32 Å². The number of aryl methyl sites for hydroxylation is 2. The largest absolute Gasteiger partial charge is 0.360 e. The Balaban J connectivity index is 1.60. The van der Waals surface area contributed by atoms with Crippen molar-refractivity contribution >= 4 is 22.2 Å². The van der Waals surface area contributed by atoms with Crippen molar-refractivity contribution in [3.05, 3.63) is 33.0 Å². The Morgan fingerprint density at radius 2 is 2.12 bits per heavy atom. The number of nitriles is 1. The molecule has 0 aromatic carbocycles. The van der Waals surface area contributed by atoms with Gasteiger partial charge in [-0.3, -0.25) is 4.79 Å². The zero-order valence-corrected chi connectivity index (χ0v) is 16.3. The number of hydrogen-bond acceptors (Lipinski definition) is 5. The van der Waals surface area contributed by atoms with Crippen molar-refractivity contribution in [2.45, 2.75) is 59.3 Å². The van der Waals surface area contributed by atoms with E-state index in [0.29, 0.717) is 22.2 Å². The lowest BCUT2D eigenvalue weighted by atomic mass is 9.71. The Morgan fingerprint density at radius 3 is 2.85 bits per heavy atom. The summed E-state index contributed by atoms with van der Waals surface area (Å²) < 4.78 is 5.45. The summed E-state index contributed by atoms with van der Waals surface area (Å²) in [6.07, 6.45) is 5.72. The third-order valence-corrected chi connectivity index (χ3v) is 6.95. The monoisotopic (exact) mass is 369 g/mol. The Labute approximate surface area is 157 Å². The first-order valence-electron chi connectivity index (χ1n) is 9.22. The van der Waals surface area contributed by atoms with E-state index in [9.17, 15) is 10.1 Å². The minimum Gasteiger partial charge on any atom is -0.360 e. The fourth-order valence-corrected chi connectivity index (χ4v) is 5.33. The lowest BCUT2D eigenvalue weighted by molar-refractivity contribution is 0.101. The topological polar surface area (TPSA) is 78.9 Å². The van der Waals surface area contributed by atoms with Crippen LogP contribution in [-0.4, -0.2) is 11.1 Å². The summed E-state index contributed by atoms with van der Waals surface area (Å²) >= 11 is 1.53. The van der Waals surface area contributed by atoms with Crippen molar-refractivity contribution in [2.75, 3.05) is 5.32 Å². The third kappa shape index (κ3) is 2.84. The predicted molar refractivity (Wildman–Crippen MR) is 100 cm³/mol. The van der Waals surface area contributed by atoms with Crippen LogP contribution in [0.1, 0.15) is 71.4 Å². The van der Waals surface area contributed by atoms with Crippen molar-refractivity contribution in [3.8, 4) is 6.07 Å². The first kappa shape index (κ1) is 17.3. The number of aromatic nitrogens is 1. The number of amides is 1. The van der Waals surface area contributed by atoms with Crippen LogP contribution in [0.2, 0.25) is 0 Å². The number of carbonyl (C=O) groups is 1. The van der Waals surface area contributed by atoms with Crippen LogP contribution in [0.25, 0.3) is 0 Å². The summed E-state index contributed by atoms with van der Waals surface area (Å²) in [5, 5.41) is 17.2. The number of fused-ring (bicyclic) bond motifs is 2. The molecule has 0 saturated carbocycles. The number of hydrogen-bond donors (Lipinski definition) is 1. The van der Waals surface area contributed by atoms with Crippen LogP contribution in [0.4, 0.5) is 5.00 Å². The Bertz CT molecular complexity index is 911. The molecule has 4 rings (SSSR count). The molecule has 5 nitrogen and oxygen atoms in total. The molecule has 1 N–H and O–H groups in total. The number of rotatable bonds is 2. The fraction of sp³-hybridized carbons (Fsp3) is 0.550. The minimum absolute atomic E-state index is 0.186. The predicted octanol–water partition coefficient (Wildman–Crippen LogP) is 4.50. The molecule has 1 unspecified atom stereocenters. The van der Waals surface area contributed by atoms with Gasteiger partial charge in [-0.05, 0) is 49.0 Å². The first-order chi connectivity index (χ1) is 12.4. The zero-order valence-electron chi connectivity index (χ0n) is 15.4. The molecule has 0 fully saturated rings. The van der Waals surface area contributed by atoms with Gasteiger partial charge in [0.05, 0.1) is 5.56 Å². The van der Waals surface area contributed by atoms with Crippen LogP contribution in [0.3, 0.4) is 0 Å². The van der Waals surface area contributed by atoms with E-state index in [4.69, 9.17) is 4.52 Å². The summed E-state index contributed by atoms with van der Waals surface area (Å²) in [4.78, 5) is 14.1. The Hall–Kier alpha value is -2.13. The van der Waals surface area contributed by atoms with Gasteiger partial charge in [-0.2, -0.15) is 5.26 Å². The van der Waals surface area contributed by atoms with Gasteiger partial charge < -0.3 is 9.84 Å². The van der Waals surface area contributed by atoms with Crippen LogP contribution < -0.4 is 5.32 Å². The molecule has 0 bridgehead atoms. The van der Waals surface area contributed by atoms with E-state index in [1.807, 2.05) is 0 Å². The van der Waals surface area contributed by atoms with Gasteiger partial charge in [0, 0.05) is 16.9 Å². The van der Waals surface area contributed by atoms with Gasteiger partial charge in [-0.25, -0.2) is 0 Å². The number of carbonyl (C=O) groups excluding carboxylic acids is 1. The molecule has 2 heterocycles. The molecule has 26 heavy (non-hydrogen) atoms.